The van der Waals surface area contributed by atoms with Crippen molar-refractivity contribution in [2.45, 2.75) is 37.5 Å². The average Bonchev–Trinajstić information content (AvgIpc) is 2.91. The van der Waals surface area contributed by atoms with Gasteiger partial charge in [-0.05, 0) is 30.9 Å². The zero-order valence-electron chi connectivity index (χ0n) is 11.2. The molecule has 0 spiro atoms. The van der Waals surface area contributed by atoms with Gasteiger partial charge >= 0.3 is 0 Å². The summed E-state index contributed by atoms with van der Waals surface area (Å²) in [7, 11) is -3.32. The van der Waals surface area contributed by atoms with Crippen LogP contribution in [-0.2, 0) is 10.0 Å². The molecule has 5 nitrogen and oxygen atoms in total. The summed E-state index contributed by atoms with van der Waals surface area (Å²) in [6.07, 6.45) is 5.74. The first-order valence-corrected chi connectivity index (χ1v) is 8.22. The molecule has 0 saturated carbocycles. The van der Waals surface area contributed by atoms with Crippen LogP contribution in [0.15, 0.2) is 24.5 Å². The van der Waals surface area contributed by atoms with Gasteiger partial charge in [0.15, 0.2) is 0 Å². The molecule has 0 aliphatic carbocycles. The summed E-state index contributed by atoms with van der Waals surface area (Å²) in [4.78, 5) is 4.08. The molecule has 1 aliphatic rings. The van der Waals surface area contributed by atoms with Crippen LogP contribution in [0.4, 0.5) is 0 Å². The number of hydrogen-bond acceptors (Lipinski definition) is 4. The van der Waals surface area contributed by atoms with Crippen molar-refractivity contribution in [1.82, 2.24) is 9.29 Å². The van der Waals surface area contributed by atoms with Crippen molar-refractivity contribution in [3.8, 4) is 0 Å². The van der Waals surface area contributed by atoms with Crippen molar-refractivity contribution in [2.24, 2.45) is 5.73 Å². The lowest BCUT2D eigenvalue weighted by Gasteiger charge is -2.28. The number of aromatic nitrogens is 1. The molecular weight excluding hydrogens is 262 g/mol. The molecule has 2 atom stereocenters. The molecule has 1 aromatic heterocycles. The molecule has 106 valence electrons. The second-order valence-electron chi connectivity index (χ2n) is 4.87. The van der Waals surface area contributed by atoms with Crippen molar-refractivity contribution in [2.75, 3.05) is 13.1 Å². The fraction of sp³-hybridized carbons (Fsp3) is 0.615. The average molecular weight is 283 g/mol. The minimum atomic E-state index is -3.32. The van der Waals surface area contributed by atoms with E-state index in [0.29, 0.717) is 13.0 Å². The van der Waals surface area contributed by atoms with Crippen molar-refractivity contribution in [3.05, 3.63) is 30.1 Å². The highest BCUT2D eigenvalue weighted by molar-refractivity contribution is 7.89. The van der Waals surface area contributed by atoms with E-state index in [2.05, 4.69) is 4.98 Å². The van der Waals surface area contributed by atoms with Gasteiger partial charge in [-0.15, -0.1) is 0 Å². The first kappa shape index (κ1) is 14.4. The number of pyridine rings is 1. The normalized spacial score (nSPS) is 22.5. The molecule has 6 heteroatoms. The molecule has 2 heterocycles. The Morgan fingerprint density at radius 3 is 2.95 bits per heavy atom. The van der Waals surface area contributed by atoms with Crippen LogP contribution in [0.3, 0.4) is 0 Å². The van der Waals surface area contributed by atoms with Gasteiger partial charge in [0.1, 0.15) is 0 Å². The summed E-state index contributed by atoms with van der Waals surface area (Å²) in [5.74, 6) is 0. The maximum Gasteiger partial charge on any atom is 0.218 e. The number of rotatable bonds is 5. The van der Waals surface area contributed by atoms with Gasteiger partial charge in [-0.25, -0.2) is 8.42 Å². The fourth-order valence-electron chi connectivity index (χ4n) is 2.64. The smallest absolute Gasteiger partial charge is 0.218 e. The van der Waals surface area contributed by atoms with Crippen LogP contribution in [0, 0.1) is 0 Å². The summed E-state index contributed by atoms with van der Waals surface area (Å²) in [5, 5.41) is -0.482. The molecule has 2 rings (SSSR count). The van der Waals surface area contributed by atoms with Crippen molar-refractivity contribution >= 4 is 10.0 Å². The van der Waals surface area contributed by atoms with Gasteiger partial charge in [-0.1, -0.05) is 13.0 Å². The molecule has 0 amide bonds. The van der Waals surface area contributed by atoms with Crippen molar-refractivity contribution in [1.29, 1.82) is 0 Å². The van der Waals surface area contributed by atoms with E-state index in [1.54, 1.807) is 16.7 Å². The number of sulfonamides is 1. The lowest BCUT2D eigenvalue weighted by atomic mass is 10.1. The predicted molar refractivity (Wildman–Crippen MR) is 75.0 cm³/mol. The molecule has 0 bridgehead atoms. The Hall–Kier alpha value is -0.980. The third-order valence-corrected chi connectivity index (χ3v) is 6.20. The Balaban J connectivity index is 2.29. The van der Waals surface area contributed by atoms with E-state index in [4.69, 9.17) is 5.73 Å². The number of hydrogen-bond donors (Lipinski definition) is 1. The standard InChI is InChI=1S/C13H21N3O2S/c1-2-12(9-14)19(17,18)16-8-4-6-13(16)11-5-3-7-15-10-11/h3,5,7,10,12-13H,2,4,6,8-9,14H2,1H3. The van der Waals surface area contributed by atoms with Gasteiger partial charge in [0.05, 0.1) is 11.3 Å². The summed E-state index contributed by atoms with van der Waals surface area (Å²) < 4.78 is 26.8. The van der Waals surface area contributed by atoms with Crippen LogP contribution in [-0.4, -0.2) is 36.0 Å². The van der Waals surface area contributed by atoms with Crippen molar-refractivity contribution < 1.29 is 8.42 Å². The Morgan fingerprint density at radius 2 is 2.37 bits per heavy atom. The molecule has 1 aliphatic heterocycles. The summed E-state index contributed by atoms with van der Waals surface area (Å²) >= 11 is 0. The van der Waals surface area contributed by atoms with Crippen LogP contribution in [0.25, 0.3) is 0 Å². The summed E-state index contributed by atoms with van der Waals surface area (Å²) in [6, 6.07) is 3.70. The van der Waals surface area contributed by atoms with E-state index in [9.17, 15) is 8.42 Å². The Morgan fingerprint density at radius 1 is 1.58 bits per heavy atom. The van der Waals surface area contributed by atoms with Gasteiger partial charge in [0.25, 0.3) is 0 Å². The van der Waals surface area contributed by atoms with Gasteiger partial charge in [-0.2, -0.15) is 4.31 Å². The second kappa shape index (κ2) is 5.98. The first-order valence-electron chi connectivity index (χ1n) is 6.72. The van der Waals surface area contributed by atoms with E-state index in [1.807, 2.05) is 19.1 Å². The van der Waals surface area contributed by atoms with Crippen LogP contribution >= 0.6 is 0 Å². The molecular formula is C13H21N3O2S. The molecule has 2 N–H and O–H groups in total. The monoisotopic (exact) mass is 283 g/mol. The van der Waals surface area contributed by atoms with Crippen LogP contribution in [0.1, 0.15) is 37.8 Å². The van der Waals surface area contributed by atoms with Gasteiger partial charge in [-0.3, -0.25) is 4.98 Å². The van der Waals surface area contributed by atoms with E-state index in [-0.39, 0.29) is 12.6 Å². The van der Waals surface area contributed by atoms with Gasteiger partial charge < -0.3 is 5.73 Å². The largest absolute Gasteiger partial charge is 0.329 e. The topological polar surface area (TPSA) is 76.3 Å². The quantitative estimate of drug-likeness (QED) is 0.883. The summed E-state index contributed by atoms with van der Waals surface area (Å²) in [6.45, 7) is 2.62. The lowest BCUT2D eigenvalue weighted by Crippen LogP contribution is -2.41. The van der Waals surface area contributed by atoms with Crippen LogP contribution in [0.2, 0.25) is 0 Å². The number of nitrogens with two attached hydrogens (primary N) is 1. The van der Waals surface area contributed by atoms with E-state index in [0.717, 1.165) is 18.4 Å². The van der Waals surface area contributed by atoms with Crippen molar-refractivity contribution in [3.63, 3.8) is 0 Å². The predicted octanol–water partition coefficient (Wildman–Crippen LogP) is 1.29. The fourth-order valence-corrected chi connectivity index (χ4v) is 4.65. The maximum absolute atomic E-state index is 12.6. The zero-order chi connectivity index (χ0) is 13.9. The molecule has 2 unspecified atom stereocenters. The highest BCUT2D eigenvalue weighted by Crippen LogP contribution is 2.35. The van der Waals surface area contributed by atoms with E-state index >= 15 is 0 Å². The Labute approximate surface area is 114 Å². The highest BCUT2D eigenvalue weighted by Gasteiger charge is 2.38. The van der Waals surface area contributed by atoms with Crippen LogP contribution in [0.5, 0.6) is 0 Å². The third-order valence-electron chi connectivity index (χ3n) is 3.74. The first-order chi connectivity index (χ1) is 9.11. The third kappa shape index (κ3) is 2.80. The van der Waals surface area contributed by atoms with E-state index < -0.39 is 15.3 Å². The SMILES string of the molecule is CCC(CN)S(=O)(=O)N1CCCC1c1cccnc1. The highest BCUT2D eigenvalue weighted by atomic mass is 32.2. The van der Waals surface area contributed by atoms with E-state index in [1.165, 1.54) is 0 Å². The molecule has 1 fully saturated rings. The van der Waals surface area contributed by atoms with Gasteiger partial charge in [0.2, 0.25) is 10.0 Å². The number of nitrogens with zero attached hydrogens (tertiary/aromatic N) is 2. The molecule has 0 radical (unpaired) electrons. The molecule has 19 heavy (non-hydrogen) atoms. The lowest BCUT2D eigenvalue weighted by molar-refractivity contribution is 0.388. The molecule has 0 aromatic carbocycles. The Bertz CT molecular complexity index is 500. The zero-order valence-corrected chi connectivity index (χ0v) is 12.0. The Kier molecular flexibility index (Phi) is 4.54. The maximum atomic E-state index is 12.6. The van der Waals surface area contributed by atoms with Gasteiger partial charge in [0, 0.05) is 25.5 Å². The molecule has 1 saturated heterocycles. The minimum absolute atomic E-state index is 0.0840. The van der Waals surface area contributed by atoms with Crippen LogP contribution < -0.4 is 5.73 Å². The summed E-state index contributed by atoms with van der Waals surface area (Å²) in [5.41, 5.74) is 6.57. The molecule has 1 aromatic rings. The minimum Gasteiger partial charge on any atom is -0.329 e. The second-order valence-corrected chi connectivity index (χ2v) is 7.03.